The van der Waals surface area contributed by atoms with Crippen LogP contribution in [0.4, 0.5) is 0 Å². The number of Topliss-reactive ketones (excluding diaryl/α,β-unsaturated/α-hetero) is 1. The summed E-state index contributed by atoms with van der Waals surface area (Å²) >= 11 is 2.57. The molecule has 5 atom stereocenters. The largest absolute Gasteiger partial charge is 0.299 e. The van der Waals surface area contributed by atoms with Gasteiger partial charge in [-0.1, -0.05) is 99.1 Å². The number of hydrogen-bond acceptors (Lipinski definition) is 1. The van der Waals surface area contributed by atoms with Gasteiger partial charge in [-0.05, 0) is 43.9 Å². The molecule has 2 unspecified atom stereocenters. The lowest BCUT2D eigenvalue weighted by molar-refractivity contribution is -0.127. The Labute approximate surface area is 174 Å². The third-order valence-corrected chi connectivity index (χ3v) is 8.09. The minimum absolute atomic E-state index is 0.0104. The first-order chi connectivity index (χ1) is 12.4. The summed E-state index contributed by atoms with van der Waals surface area (Å²) in [7, 11) is 0. The Bertz CT molecular complexity index is 583. The van der Waals surface area contributed by atoms with Gasteiger partial charge in [0.05, 0.1) is 0 Å². The maximum Gasteiger partial charge on any atom is 0.136 e. The lowest BCUT2D eigenvalue weighted by Gasteiger charge is -2.45. The fourth-order valence-electron chi connectivity index (χ4n) is 5.03. The van der Waals surface area contributed by atoms with E-state index >= 15 is 0 Å². The summed E-state index contributed by atoms with van der Waals surface area (Å²) in [4.78, 5) is 13.0. The molecule has 0 saturated heterocycles. The van der Waals surface area contributed by atoms with Crippen LogP contribution in [0.25, 0.3) is 0 Å². The molecule has 0 N–H and O–H groups in total. The summed E-state index contributed by atoms with van der Waals surface area (Å²) in [5, 5.41) is 0. The van der Waals surface area contributed by atoms with Crippen molar-refractivity contribution in [2.45, 2.75) is 83.5 Å². The molecule has 26 heavy (non-hydrogen) atoms. The molecular formula is C24H37IO. The lowest BCUT2D eigenvalue weighted by atomic mass is 9.60. The quantitative estimate of drug-likeness (QED) is 0.195. The van der Waals surface area contributed by atoms with E-state index in [9.17, 15) is 4.79 Å². The zero-order valence-corrected chi connectivity index (χ0v) is 19.5. The molecule has 1 nitrogen and oxygen atoms in total. The highest BCUT2D eigenvalue weighted by Gasteiger charge is 2.46. The van der Waals surface area contributed by atoms with Gasteiger partial charge in [0.15, 0.2) is 0 Å². The molecule has 0 radical (unpaired) electrons. The molecule has 2 aliphatic rings. The molecule has 2 rings (SSSR count). The fourth-order valence-corrected chi connectivity index (χ4v) is 5.78. The highest BCUT2D eigenvalue weighted by molar-refractivity contribution is 14.1. The standard InChI is InChI=1S/C24H37IO/c1-6-11-22(23(26)7-2)24(5,17(3)18(4)25)21-15-14-20(16-21)19-12-9-8-10-13-19/h8-9,12,16-18,20,22H,6-7,10-11,13-15H2,1-5H3/t17?,18-,20-,22?,24-/m0/s1. The normalized spacial score (nSPS) is 25.8. The number of alkyl halides is 1. The number of rotatable bonds is 9. The predicted molar refractivity (Wildman–Crippen MR) is 122 cm³/mol. The van der Waals surface area contributed by atoms with Gasteiger partial charge in [0.1, 0.15) is 5.78 Å². The first-order valence-electron chi connectivity index (χ1n) is 10.6. The topological polar surface area (TPSA) is 17.1 Å². The van der Waals surface area contributed by atoms with Crippen LogP contribution < -0.4 is 0 Å². The van der Waals surface area contributed by atoms with E-state index in [-0.39, 0.29) is 11.3 Å². The SMILES string of the molecule is CCCC(C(=O)CC)[C@](C)(C1=C[C@@H](C2=CC=CCC2)CC1)C(C)[C@H](C)I. The van der Waals surface area contributed by atoms with Gasteiger partial charge >= 0.3 is 0 Å². The van der Waals surface area contributed by atoms with Gasteiger partial charge in [-0.15, -0.1) is 0 Å². The average Bonchev–Trinajstić information content (AvgIpc) is 3.15. The Balaban J connectivity index is 2.42. The molecule has 0 aromatic carbocycles. The first-order valence-corrected chi connectivity index (χ1v) is 11.8. The van der Waals surface area contributed by atoms with E-state index in [0.29, 0.717) is 28.0 Å². The average molecular weight is 468 g/mol. The van der Waals surface area contributed by atoms with Crippen LogP contribution in [0.3, 0.4) is 0 Å². The van der Waals surface area contributed by atoms with Crippen molar-refractivity contribution in [2.75, 3.05) is 0 Å². The van der Waals surface area contributed by atoms with Crippen molar-refractivity contribution in [1.29, 1.82) is 0 Å². The number of ketones is 1. The second-order valence-electron chi connectivity index (χ2n) is 8.46. The second-order valence-corrected chi connectivity index (χ2v) is 10.4. The molecule has 0 spiro atoms. The predicted octanol–water partition coefficient (Wildman–Crippen LogP) is 7.46. The molecule has 2 heteroatoms. The van der Waals surface area contributed by atoms with Crippen molar-refractivity contribution in [3.8, 4) is 0 Å². The maximum atomic E-state index is 13.0. The van der Waals surface area contributed by atoms with Crippen LogP contribution in [-0.2, 0) is 4.79 Å². The molecular weight excluding hydrogens is 431 g/mol. The molecule has 2 aliphatic carbocycles. The molecule has 0 amide bonds. The minimum atomic E-state index is -0.0104. The summed E-state index contributed by atoms with van der Waals surface area (Å²) < 4.78 is 0.554. The second kappa shape index (κ2) is 9.71. The van der Waals surface area contributed by atoms with Gasteiger partial charge in [-0.2, -0.15) is 0 Å². The molecule has 146 valence electrons. The summed E-state index contributed by atoms with van der Waals surface area (Å²) in [5.41, 5.74) is 3.15. The number of carbonyl (C=O) groups is 1. The zero-order chi connectivity index (χ0) is 19.3. The van der Waals surface area contributed by atoms with Crippen LogP contribution in [0.1, 0.15) is 79.6 Å². The molecule has 0 fully saturated rings. The van der Waals surface area contributed by atoms with Crippen molar-refractivity contribution in [3.05, 3.63) is 35.5 Å². The van der Waals surface area contributed by atoms with Gasteiger partial charge in [0, 0.05) is 21.7 Å². The summed E-state index contributed by atoms with van der Waals surface area (Å²) in [6.07, 6.45) is 16.9. The molecule has 0 bridgehead atoms. The van der Waals surface area contributed by atoms with Crippen LogP contribution in [-0.4, -0.2) is 9.71 Å². The van der Waals surface area contributed by atoms with Crippen LogP contribution in [0, 0.1) is 23.2 Å². The first kappa shape index (κ1) is 21.9. The maximum absolute atomic E-state index is 13.0. The van der Waals surface area contributed by atoms with Gasteiger partial charge in [-0.25, -0.2) is 0 Å². The van der Waals surface area contributed by atoms with Crippen molar-refractivity contribution >= 4 is 28.4 Å². The van der Waals surface area contributed by atoms with Gasteiger partial charge in [-0.3, -0.25) is 4.79 Å². The molecule has 0 aromatic rings. The van der Waals surface area contributed by atoms with Crippen LogP contribution in [0.2, 0.25) is 0 Å². The Morgan fingerprint density at radius 3 is 2.58 bits per heavy atom. The number of halogens is 1. The zero-order valence-electron chi connectivity index (χ0n) is 17.4. The highest BCUT2D eigenvalue weighted by Crippen LogP contribution is 2.52. The van der Waals surface area contributed by atoms with E-state index in [2.05, 4.69) is 74.6 Å². The van der Waals surface area contributed by atoms with Gasteiger partial charge < -0.3 is 0 Å². The van der Waals surface area contributed by atoms with Crippen LogP contribution in [0.15, 0.2) is 35.5 Å². The third kappa shape index (κ3) is 4.54. The summed E-state index contributed by atoms with van der Waals surface area (Å²) in [6.45, 7) is 11.3. The lowest BCUT2D eigenvalue weighted by Crippen LogP contribution is -2.42. The minimum Gasteiger partial charge on any atom is -0.299 e. The van der Waals surface area contributed by atoms with E-state index in [1.165, 1.54) is 19.3 Å². The van der Waals surface area contributed by atoms with E-state index in [1.807, 2.05) is 6.92 Å². The Morgan fingerprint density at radius 1 is 1.31 bits per heavy atom. The van der Waals surface area contributed by atoms with E-state index < -0.39 is 0 Å². The molecule has 0 aromatic heterocycles. The van der Waals surface area contributed by atoms with Crippen molar-refractivity contribution in [3.63, 3.8) is 0 Å². The fraction of sp³-hybridized carbons (Fsp3) is 0.708. The van der Waals surface area contributed by atoms with Crippen LogP contribution in [0.5, 0.6) is 0 Å². The van der Waals surface area contributed by atoms with Crippen molar-refractivity contribution < 1.29 is 4.79 Å². The molecule has 0 aliphatic heterocycles. The van der Waals surface area contributed by atoms with Gasteiger partial charge in [0.25, 0.3) is 0 Å². The number of carbonyl (C=O) groups excluding carboxylic acids is 1. The summed E-state index contributed by atoms with van der Waals surface area (Å²) in [5.74, 6) is 1.71. The van der Waals surface area contributed by atoms with E-state index in [1.54, 1.807) is 11.1 Å². The van der Waals surface area contributed by atoms with E-state index in [4.69, 9.17) is 0 Å². The highest BCUT2D eigenvalue weighted by atomic mass is 127. The van der Waals surface area contributed by atoms with E-state index in [0.717, 1.165) is 19.3 Å². The Kier molecular flexibility index (Phi) is 8.18. The third-order valence-electron chi connectivity index (χ3n) is 7.01. The number of hydrogen-bond donors (Lipinski definition) is 0. The Hall–Kier alpha value is -0.380. The monoisotopic (exact) mass is 468 g/mol. The van der Waals surface area contributed by atoms with Gasteiger partial charge in [0.2, 0.25) is 0 Å². The van der Waals surface area contributed by atoms with Crippen molar-refractivity contribution in [1.82, 2.24) is 0 Å². The molecule has 0 heterocycles. The van der Waals surface area contributed by atoms with Crippen LogP contribution >= 0.6 is 22.6 Å². The molecule has 0 saturated carbocycles. The summed E-state index contributed by atoms with van der Waals surface area (Å²) in [6, 6.07) is 0. The smallest absolute Gasteiger partial charge is 0.136 e. The number of allylic oxidation sites excluding steroid dienone is 6. The van der Waals surface area contributed by atoms with Crippen molar-refractivity contribution in [2.24, 2.45) is 23.2 Å². The Morgan fingerprint density at radius 2 is 2.04 bits per heavy atom.